The molecule has 8 nitrogen and oxygen atoms in total. The zero-order valence-corrected chi connectivity index (χ0v) is 14.3. The summed E-state index contributed by atoms with van der Waals surface area (Å²) in [5, 5.41) is 3.80. The SMILES string of the molecule is COCCN1CCOCC2(C1)CN(C(=O)c1conc1C)CCO2. The Morgan fingerprint density at radius 2 is 2.25 bits per heavy atom. The number of aromatic nitrogens is 1. The largest absolute Gasteiger partial charge is 0.383 e. The van der Waals surface area contributed by atoms with E-state index in [0.717, 1.165) is 19.6 Å². The molecule has 1 aromatic heterocycles. The van der Waals surface area contributed by atoms with Gasteiger partial charge in [0.05, 0.1) is 38.7 Å². The number of rotatable bonds is 4. The van der Waals surface area contributed by atoms with E-state index in [4.69, 9.17) is 18.7 Å². The van der Waals surface area contributed by atoms with E-state index in [1.165, 1.54) is 6.26 Å². The van der Waals surface area contributed by atoms with Crippen molar-refractivity contribution in [2.45, 2.75) is 12.5 Å². The molecule has 2 aliphatic rings. The van der Waals surface area contributed by atoms with Crippen LogP contribution in [0.3, 0.4) is 0 Å². The maximum Gasteiger partial charge on any atom is 0.259 e. The molecule has 0 radical (unpaired) electrons. The van der Waals surface area contributed by atoms with E-state index in [-0.39, 0.29) is 5.91 Å². The summed E-state index contributed by atoms with van der Waals surface area (Å²) in [4.78, 5) is 16.8. The Bertz CT molecular complexity index is 564. The number of morpholine rings is 1. The van der Waals surface area contributed by atoms with Crippen molar-refractivity contribution < 1.29 is 23.5 Å². The molecule has 1 aromatic rings. The van der Waals surface area contributed by atoms with Crippen LogP contribution in [0.15, 0.2) is 10.8 Å². The van der Waals surface area contributed by atoms with Gasteiger partial charge in [0.25, 0.3) is 5.91 Å². The number of aryl methyl sites for hydroxylation is 1. The summed E-state index contributed by atoms with van der Waals surface area (Å²) in [6, 6.07) is 0. The third kappa shape index (κ3) is 3.77. The zero-order valence-electron chi connectivity index (χ0n) is 14.3. The highest BCUT2D eigenvalue weighted by atomic mass is 16.5. The van der Waals surface area contributed by atoms with Crippen molar-refractivity contribution in [3.63, 3.8) is 0 Å². The molecule has 0 aliphatic carbocycles. The molecule has 0 N–H and O–H groups in total. The number of methoxy groups -OCH3 is 1. The summed E-state index contributed by atoms with van der Waals surface area (Å²) >= 11 is 0. The molecule has 2 saturated heterocycles. The van der Waals surface area contributed by atoms with Crippen LogP contribution >= 0.6 is 0 Å². The molecule has 1 atom stereocenters. The zero-order chi connectivity index (χ0) is 17.0. The summed E-state index contributed by atoms with van der Waals surface area (Å²) in [7, 11) is 1.70. The lowest BCUT2D eigenvalue weighted by Gasteiger charge is -2.43. The molecule has 8 heteroatoms. The topological polar surface area (TPSA) is 77.3 Å². The molecule has 0 aromatic carbocycles. The van der Waals surface area contributed by atoms with Crippen molar-refractivity contribution >= 4 is 5.91 Å². The fraction of sp³-hybridized carbons (Fsp3) is 0.750. The monoisotopic (exact) mass is 339 g/mol. The number of hydrogen-bond donors (Lipinski definition) is 0. The Morgan fingerprint density at radius 1 is 1.38 bits per heavy atom. The Hall–Kier alpha value is -1.48. The first kappa shape index (κ1) is 17.3. The first-order valence-electron chi connectivity index (χ1n) is 8.27. The Kier molecular flexibility index (Phi) is 5.50. The van der Waals surface area contributed by atoms with Crippen LogP contribution in [0, 0.1) is 6.92 Å². The molecular formula is C16H25N3O5. The minimum atomic E-state index is -0.497. The normalized spacial score (nSPS) is 25.8. The first-order valence-corrected chi connectivity index (χ1v) is 8.27. The molecule has 1 unspecified atom stereocenters. The number of nitrogens with zero attached hydrogens (tertiary/aromatic N) is 3. The van der Waals surface area contributed by atoms with Crippen LogP contribution in [-0.2, 0) is 14.2 Å². The van der Waals surface area contributed by atoms with Gasteiger partial charge >= 0.3 is 0 Å². The van der Waals surface area contributed by atoms with Crippen LogP contribution in [0.2, 0.25) is 0 Å². The van der Waals surface area contributed by atoms with Crippen LogP contribution in [-0.4, -0.2) is 92.7 Å². The number of ether oxygens (including phenoxy) is 3. The van der Waals surface area contributed by atoms with E-state index in [0.29, 0.717) is 50.8 Å². The van der Waals surface area contributed by atoms with E-state index >= 15 is 0 Å². The van der Waals surface area contributed by atoms with Crippen LogP contribution in [0.5, 0.6) is 0 Å². The molecule has 2 fully saturated rings. The van der Waals surface area contributed by atoms with E-state index in [1.807, 2.05) is 4.90 Å². The summed E-state index contributed by atoms with van der Waals surface area (Å²) in [6.45, 7) is 7.53. The average Bonchev–Trinajstić information content (AvgIpc) is 2.92. The lowest BCUT2D eigenvalue weighted by atomic mass is 10.0. The lowest BCUT2D eigenvalue weighted by molar-refractivity contribution is -0.133. The predicted molar refractivity (Wildman–Crippen MR) is 85.0 cm³/mol. The van der Waals surface area contributed by atoms with E-state index in [9.17, 15) is 4.79 Å². The van der Waals surface area contributed by atoms with E-state index < -0.39 is 5.60 Å². The Balaban J connectivity index is 1.71. The predicted octanol–water partition coefficient (Wildman–Crippen LogP) is 0.173. The van der Waals surface area contributed by atoms with Gasteiger partial charge in [-0.15, -0.1) is 0 Å². The molecule has 3 rings (SSSR count). The fourth-order valence-electron chi connectivity index (χ4n) is 3.26. The maximum atomic E-state index is 12.7. The van der Waals surface area contributed by atoms with Gasteiger partial charge in [0.15, 0.2) is 0 Å². The number of amides is 1. The highest BCUT2D eigenvalue weighted by molar-refractivity contribution is 5.94. The van der Waals surface area contributed by atoms with Gasteiger partial charge in [0.1, 0.15) is 17.4 Å². The van der Waals surface area contributed by atoms with Crippen LogP contribution in [0.25, 0.3) is 0 Å². The van der Waals surface area contributed by atoms with Gasteiger partial charge in [-0.05, 0) is 6.92 Å². The molecular weight excluding hydrogens is 314 g/mol. The molecule has 0 saturated carbocycles. The van der Waals surface area contributed by atoms with Crippen LogP contribution in [0.4, 0.5) is 0 Å². The van der Waals surface area contributed by atoms with Crippen molar-refractivity contribution in [2.75, 3.05) is 66.3 Å². The average molecular weight is 339 g/mol. The van der Waals surface area contributed by atoms with Gasteiger partial charge < -0.3 is 23.6 Å². The number of carbonyl (C=O) groups is 1. The van der Waals surface area contributed by atoms with Crippen molar-refractivity contribution in [1.29, 1.82) is 0 Å². The van der Waals surface area contributed by atoms with Crippen molar-refractivity contribution in [3.8, 4) is 0 Å². The molecule has 0 bridgehead atoms. The lowest BCUT2D eigenvalue weighted by Crippen LogP contribution is -2.60. The second kappa shape index (κ2) is 7.60. The van der Waals surface area contributed by atoms with Gasteiger partial charge in [-0.3, -0.25) is 9.69 Å². The molecule has 2 aliphatic heterocycles. The van der Waals surface area contributed by atoms with Crippen molar-refractivity contribution in [1.82, 2.24) is 15.0 Å². The smallest absolute Gasteiger partial charge is 0.259 e. The van der Waals surface area contributed by atoms with Gasteiger partial charge in [-0.1, -0.05) is 5.16 Å². The van der Waals surface area contributed by atoms with E-state index in [1.54, 1.807) is 14.0 Å². The maximum absolute atomic E-state index is 12.7. The molecule has 24 heavy (non-hydrogen) atoms. The molecule has 1 amide bonds. The van der Waals surface area contributed by atoms with Crippen molar-refractivity contribution in [3.05, 3.63) is 17.5 Å². The second-order valence-corrected chi connectivity index (χ2v) is 6.39. The third-order valence-electron chi connectivity index (χ3n) is 4.56. The first-order chi connectivity index (χ1) is 11.6. The highest BCUT2D eigenvalue weighted by Crippen LogP contribution is 2.24. The van der Waals surface area contributed by atoms with Crippen LogP contribution < -0.4 is 0 Å². The van der Waals surface area contributed by atoms with Gasteiger partial charge in [-0.2, -0.15) is 0 Å². The standard InChI is InChI=1S/C16H25N3O5/c1-13-14(9-24-17-13)15(20)19-5-8-23-16(11-19)10-18(3-6-21-2)4-7-22-12-16/h9H,3-8,10-12H2,1-2H3. The van der Waals surface area contributed by atoms with Crippen LogP contribution in [0.1, 0.15) is 16.1 Å². The second-order valence-electron chi connectivity index (χ2n) is 6.39. The Morgan fingerprint density at radius 3 is 3.00 bits per heavy atom. The fourth-order valence-corrected chi connectivity index (χ4v) is 3.26. The number of carbonyl (C=O) groups excluding carboxylic acids is 1. The summed E-state index contributed by atoms with van der Waals surface area (Å²) in [5.41, 5.74) is 0.626. The van der Waals surface area contributed by atoms with E-state index in [2.05, 4.69) is 10.1 Å². The number of hydrogen-bond acceptors (Lipinski definition) is 7. The molecule has 1 spiro atoms. The minimum absolute atomic E-state index is 0.0656. The summed E-state index contributed by atoms with van der Waals surface area (Å²) < 4.78 is 21.9. The minimum Gasteiger partial charge on any atom is -0.383 e. The third-order valence-corrected chi connectivity index (χ3v) is 4.56. The Labute approximate surface area is 141 Å². The molecule has 3 heterocycles. The summed E-state index contributed by atoms with van der Waals surface area (Å²) in [5.74, 6) is -0.0656. The quantitative estimate of drug-likeness (QED) is 0.774. The van der Waals surface area contributed by atoms with Gasteiger partial charge in [-0.25, -0.2) is 0 Å². The molecule has 134 valence electrons. The highest BCUT2D eigenvalue weighted by Gasteiger charge is 2.42. The van der Waals surface area contributed by atoms with Crippen molar-refractivity contribution in [2.24, 2.45) is 0 Å². The summed E-state index contributed by atoms with van der Waals surface area (Å²) in [6.07, 6.45) is 1.41. The van der Waals surface area contributed by atoms with Gasteiger partial charge in [0.2, 0.25) is 0 Å². The van der Waals surface area contributed by atoms with Gasteiger partial charge in [0, 0.05) is 33.3 Å².